The summed E-state index contributed by atoms with van der Waals surface area (Å²) in [5.74, 6) is 0. The molecule has 18 heavy (non-hydrogen) atoms. The molecule has 0 heterocycles. The predicted octanol–water partition coefficient (Wildman–Crippen LogP) is 3.28. The van der Waals surface area contributed by atoms with Gasteiger partial charge in [0, 0.05) is 0 Å². The standard InChI is InChI=1S/C12H19IN3OP/c1-17-8-12-18(13,9-2-5-14,10-3-6-15)11-4-7-16/h2-4,8-12H2,1H3. The molecular formula is C12H19IN3OP. The van der Waals surface area contributed by atoms with Gasteiger partial charge < -0.3 is 0 Å². The summed E-state index contributed by atoms with van der Waals surface area (Å²) in [6.07, 6.45) is 4.89. The topological polar surface area (TPSA) is 80.6 Å². The number of hydrogen-bond acceptors (Lipinski definition) is 4. The number of rotatable bonds is 9. The first-order valence-electron chi connectivity index (χ1n) is 5.86. The Kier molecular flexibility index (Phi) is 8.45. The van der Waals surface area contributed by atoms with Gasteiger partial charge in [0.05, 0.1) is 0 Å². The van der Waals surface area contributed by atoms with Gasteiger partial charge >= 0.3 is 123 Å². The number of halogens is 1. The molecule has 0 saturated carbocycles. The van der Waals surface area contributed by atoms with Crippen LogP contribution in [0.3, 0.4) is 0 Å². The Hall–Kier alpha value is -0.410. The second-order valence-corrected chi connectivity index (χ2v) is 18.0. The summed E-state index contributed by atoms with van der Waals surface area (Å²) in [4.78, 5) is 0. The van der Waals surface area contributed by atoms with Gasteiger partial charge in [-0.2, -0.15) is 0 Å². The normalized spacial score (nSPS) is 12.7. The van der Waals surface area contributed by atoms with Crippen molar-refractivity contribution in [1.82, 2.24) is 0 Å². The fraction of sp³-hybridized carbons (Fsp3) is 0.750. The van der Waals surface area contributed by atoms with Gasteiger partial charge in [0.2, 0.25) is 0 Å². The average Bonchev–Trinajstić information content (AvgIpc) is 2.40. The van der Waals surface area contributed by atoms with Crippen molar-refractivity contribution in [2.24, 2.45) is 0 Å². The van der Waals surface area contributed by atoms with E-state index < -0.39 is 4.25 Å². The molecule has 0 radical (unpaired) electrons. The molecular weight excluding hydrogens is 360 g/mol. The van der Waals surface area contributed by atoms with E-state index in [1.54, 1.807) is 7.11 Å². The fourth-order valence-corrected chi connectivity index (χ4v) is 8.70. The zero-order valence-corrected chi connectivity index (χ0v) is 13.8. The van der Waals surface area contributed by atoms with E-state index in [1.807, 2.05) is 0 Å². The summed E-state index contributed by atoms with van der Waals surface area (Å²) in [6, 6.07) is 6.60. The molecule has 0 aromatic rings. The van der Waals surface area contributed by atoms with E-state index in [0.717, 1.165) is 24.6 Å². The number of nitriles is 3. The number of methoxy groups -OCH3 is 1. The van der Waals surface area contributed by atoms with E-state index >= 15 is 0 Å². The summed E-state index contributed by atoms with van der Waals surface area (Å²) in [6.45, 7) is 0.642. The Bertz CT molecular complexity index is 332. The van der Waals surface area contributed by atoms with Crippen molar-refractivity contribution in [2.45, 2.75) is 19.3 Å². The van der Waals surface area contributed by atoms with Gasteiger partial charge in [0.25, 0.3) is 0 Å². The van der Waals surface area contributed by atoms with Gasteiger partial charge in [-0.3, -0.25) is 0 Å². The van der Waals surface area contributed by atoms with Crippen LogP contribution in [0.15, 0.2) is 0 Å². The van der Waals surface area contributed by atoms with Gasteiger partial charge in [-0.05, 0) is 0 Å². The molecule has 0 saturated heterocycles. The zero-order chi connectivity index (χ0) is 13.9. The molecule has 0 aliphatic carbocycles. The average molecular weight is 379 g/mol. The van der Waals surface area contributed by atoms with Crippen molar-refractivity contribution in [3.05, 3.63) is 0 Å². The Morgan fingerprint density at radius 3 is 1.56 bits per heavy atom. The van der Waals surface area contributed by atoms with Crippen LogP contribution in [0.1, 0.15) is 19.3 Å². The van der Waals surface area contributed by atoms with E-state index in [1.165, 1.54) is 0 Å². The van der Waals surface area contributed by atoms with Crippen LogP contribution >= 0.6 is 26.3 Å². The molecule has 0 amide bonds. The number of hydrogen-bond donors (Lipinski definition) is 0. The van der Waals surface area contributed by atoms with Crippen LogP contribution in [0.2, 0.25) is 0 Å². The summed E-state index contributed by atoms with van der Waals surface area (Å²) < 4.78 is 3.00. The third-order valence-corrected chi connectivity index (χ3v) is 14.3. The quantitative estimate of drug-likeness (QED) is 0.455. The molecule has 4 nitrogen and oxygen atoms in total. The van der Waals surface area contributed by atoms with Crippen LogP contribution in [0.4, 0.5) is 0 Å². The van der Waals surface area contributed by atoms with Crippen LogP contribution < -0.4 is 0 Å². The Morgan fingerprint density at radius 2 is 1.28 bits per heavy atom. The third-order valence-electron chi connectivity index (χ3n) is 3.20. The van der Waals surface area contributed by atoms with Crippen LogP contribution in [0.25, 0.3) is 0 Å². The second kappa shape index (κ2) is 8.65. The van der Waals surface area contributed by atoms with Gasteiger partial charge in [0.15, 0.2) is 0 Å². The second-order valence-electron chi connectivity index (χ2n) is 4.43. The first-order valence-corrected chi connectivity index (χ1v) is 11.6. The van der Waals surface area contributed by atoms with E-state index in [2.05, 4.69) is 40.2 Å². The SMILES string of the molecule is COCCP(I)(CCC#N)(CCC#N)CCC#N. The van der Waals surface area contributed by atoms with Crippen LogP contribution in [0, 0.1) is 34.0 Å². The summed E-state index contributed by atoms with van der Waals surface area (Å²) in [5.41, 5.74) is 0. The van der Waals surface area contributed by atoms with Crippen molar-refractivity contribution >= 4 is 26.3 Å². The molecule has 0 fully saturated rings. The van der Waals surface area contributed by atoms with E-state index in [-0.39, 0.29) is 0 Å². The van der Waals surface area contributed by atoms with Crippen LogP contribution in [0.5, 0.6) is 0 Å². The van der Waals surface area contributed by atoms with Gasteiger partial charge in [-0.1, -0.05) is 0 Å². The number of nitrogens with zero attached hydrogens (tertiary/aromatic N) is 3. The number of ether oxygens (including phenoxy) is 1. The molecule has 6 heteroatoms. The molecule has 0 unspecified atom stereocenters. The van der Waals surface area contributed by atoms with Crippen molar-refractivity contribution in [1.29, 1.82) is 15.8 Å². The van der Waals surface area contributed by atoms with Crippen molar-refractivity contribution in [2.75, 3.05) is 38.4 Å². The monoisotopic (exact) mass is 379 g/mol. The first-order chi connectivity index (χ1) is 8.54. The molecule has 100 valence electrons. The Labute approximate surface area is 122 Å². The summed E-state index contributed by atoms with van der Waals surface area (Å²) in [7, 11) is 1.66. The van der Waals surface area contributed by atoms with Crippen molar-refractivity contribution < 1.29 is 4.74 Å². The predicted molar refractivity (Wildman–Crippen MR) is 83.0 cm³/mol. The summed E-state index contributed by atoms with van der Waals surface area (Å²) >= 11 is 2.50. The first kappa shape index (κ1) is 17.6. The minimum absolute atomic E-state index is 0.501. The molecule has 0 aromatic heterocycles. The molecule has 0 aliphatic rings. The maximum atomic E-state index is 8.83. The fourth-order valence-electron chi connectivity index (χ4n) is 1.98. The molecule has 0 bridgehead atoms. The van der Waals surface area contributed by atoms with Crippen LogP contribution in [-0.2, 0) is 4.74 Å². The Morgan fingerprint density at radius 1 is 0.889 bits per heavy atom. The maximum absolute atomic E-state index is 8.83. The zero-order valence-electron chi connectivity index (χ0n) is 10.7. The molecule has 0 rings (SSSR count). The van der Waals surface area contributed by atoms with Gasteiger partial charge in [0.1, 0.15) is 0 Å². The van der Waals surface area contributed by atoms with Crippen LogP contribution in [-0.4, -0.2) is 38.4 Å². The minimum atomic E-state index is -2.18. The molecule has 0 aliphatic heterocycles. The van der Waals surface area contributed by atoms with Crippen molar-refractivity contribution in [3.63, 3.8) is 0 Å². The molecule has 0 atom stereocenters. The van der Waals surface area contributed by atoms with Crippen molar-refractivity contribution in [3.8, 4) is 18.2 Å². The van der Waals surface area contributed by atoms with E-state index in [4.69, 9.17) is 20.5 Å². The Balaban J connectivity index is 5.03. The van der Waals surface area contributed by atoms with E-state index in [0.29, 0.717) is 25.9 Å². The van der Waals surface area contributed by atoms with Gasteiger partial charge in [-0.25, -0.2) is 0 Å². The van der Waals surface area contributed by atoms with Gasteiger partial charge in [-0.15, -0.1) is 0 Å². The third kappa shape index (κ3) is 5.96. The molecule has 0 N–H and O–H groups in total. The molecule has 0 spiro atoms. The van der Waals surface area contributed by atoms with E-state index in [9.17, 15) is 0 Å². The summed E-state index contributed by atoms with van der Waals surface area (Å²) in [5, 5.41) is 26.5. The molecule has 0 aromatic carbocycles.